The van der Waals surface area contributed by atoms with Crippen LogP contribution in [-0.4, -0.2) is 22.0 Å². The van der Waals surface area contributed by atoms with Crippen molar-refractivity contribution in [2.24, 2.45) is 0 Å². The van der Waals surface area contributed by atoms with Gasteiger partial charge in [-0.3, -0.25) is 0 Å². The van der Waals surface area contributed by atoms with Crippen molar-refractivity contribution in [3.8, 4) is 0 Å². The third-order valence-electron chi connectivity index (χ3n) is 3.49. The lowest BCUT2D eigenvalue weighted by Gasteiger charge is -2.37. The van der Waals surface area contributed by atoms with Crippen molar-refractivity contribution >= 4 is 11.6 Å². The maximum absolute atomic E-state index is 13.1. The number of hydrogen-bond acceptors (Lipinski definition) is 2. The molecule has 0 aromatic heterocycles. The second-order valence-electron chi connectivity index (χ2n) is 4.70. The Morgan fingerprint density at radius 2 is 1.88 bits per heavy atom. The van der Waals surface area contributed by atoms with Crippen LogP contribution in [0.3, 0.4) is 0 Å². The zero-order valence-electron chi connectivity index (χ0n) is 9.44. The molecule has 0 heterocycles. The van der Waals surface area contributed by atoms with Gasteiger partial charge in [0.1, 0.15) is 12.3 Å². The number of benzene rings is 1. The molecule has 1 unspecified atom stereocenters. The van der Waals surface area contributed by atoms with Crippen LogP contribution < -0.4 is 0 Å². The summed E-state index contributed by atoms with van der Waals surface area (Å²) < 4.78 is 13.1. The highest BCUT2D eigenvalue weighted by molar-refractivity contribution is 6.31. The molecule has 0 amide bonds. The summed E-state index contributed by atoms with van der Waals surface area (Å²) >= 11 is 5.98. The van der Waals surface area contributed by atoms with E-state index in [4.69, 9.17) is 11.6 Å². The van der Waals surface area contributed by atoms with Gasteiger partial charge in [0.25, 0.3) is 0 Å². The molecule has 1 aliphatic rings. The van der Waals surface area contributed by atoms with Crippen molar-refractivity contribution in [3.63, 3.8) is 0 Å². The molecule has 2 nitrogen and oxygen atoms in total. The molecule has 1 aromatic rings. The number of alkyl halides is 1. The van der Waals surface area contributed by atoms with Crippen LogP contribution in [0.2, 0.25) is 5.02 Å². The molecule has 4 heteroatoms. The zero-order chi connectivity index (χ0) is 12.5. The van der Waals surface area contributed by atoms with Crippen molar-refractivity contribution < 1.29 is 14.6 Å². The van der Waals surface area contributed by atoms with Gasteiger partial charge in [-0.25, -0.2) is 4.39 Å². The van der Waals surface area contributed by atoms with Gasteiger partial charge >= 0.3 is 0 Å². The lowest BCUT2D eigenvalue weighted by Crippen LogP contribution is -2.40. The van der Waals surface area contributed by atoms with Gasteiger partial charge in [-0.05, 0) is 31.7 Å². The first-order valence-electron chi connectivity index (χ1n) is 5.82. The number of halogens is 2. The second kappa shape index (κ2) is 4.92. The van der Waals surface area contributed by atoms with E-state index in [0.29, 0.717) is 10.6 Å². The Bertz CT molecular complexity index is 389. The van der Waals surface area contributed by atoms with Gasteiger partial charge in [0.05, 0.1) is 5.60 Å². The van der Waals surface area contributed by atoms with Gasteiger partial charge < -0.3 is 10.2 Å². The highest BCUT2D eigenvalue weighted by Crippen LogP contribution is 2.40. The van der Waals surface area contributed by atoms with Crippen LogP contribution in [0.25, 0.3) is 0 Å². The van der Waals surface area contributed by atoms with Crippen LogP contribution in [0.4, 0.5) is 4.39 Å². The fourth-order valence-electron chi connectivity index (χ4n) is 2.34. The molecule has 2 N–H and O–H groups in total. The van der Waals surface area contributed by atoms with E-state index in [0.717, 1.165) is 0 Å². The summed E-state index contributed by atoms with van der Waals surface area (Å²) in [5.41, 5.74) is -0.748. The van der Waals surface area contributed by atoms with E-state index in [1.54, 1.807) is 24.3 Å². The predicted molar refractivity (Wildman–Crippen MR) is 64.7 cm³/mol. The third-order valence-corrected chi connectivity index (χ3v) is 3.83. The first-order valence-corrected chi connectivity index (χ1v) is 6.20. The average Bonchev–Trinajstić information content (AvgIpc) is 2.33. The molecule has 1 aliphatic carbocycles. The standard InChI is InChI=1S/C13H16ClFO2/c14-11-4-2-1-3-10(11)12(16)13(17)7-5-9(15)6-8-13/h1-4,9,12,16-17H,5-8H2. The SMILES string of the molecule is OC(c1ccccc1Cl)C1(O)CCC(F)CC1. The molecule has 0 radical (unpaired) electrons. The largest absolute Gasteiger partial charge is 0.387 e. The van der Waals surface area contributed by atoms with E-state index < -0.39 is 17.9 Å². The molecular weight excluding hydrogens is 243 g/mol. The fourth-order valence-corrected chi connectivity index (χ4v) is 2.58. The van der Waals surface area contributed by atoms with Crippen molar-refractivity contribution in [3.05, 3.63) is 34.9 Å². The average molecular weight is 259 g/mol. The summed E-state index contributed by atoms with van der Waals surface area (Å²) in [6, 6.07) is 6.88. The number of aliphatic hydroxyl groups excluding tert-OH is 1. The van der Waals surface area contributed by atoms with Crippen LogP contribution >= 0.6 is 11.6 Å². The first kappa shape index (κ1) is 12.8. The van der Waals surface area contributed by atoms with Gasteiger partial charge in [-0.1, -0.05) is 29.8 Å². The van der Waals surface area contributed by atoms with E-state index in [2.05, 4.69) is 0 Å². The van der Waals surface area contributed by atoms with E-state index >= 15 is 0 Å². The molecule has 1 fully saturated rings. The van der Waals surface area contributed by atoms with Crippen molar-refractivity contribution in [2.75, 3.05) is 0 Å². The lowest BCUT2D eigenvalue weighted by molar-refractivity contribution is -0.108. The fraction of sp³-hybridized carbons (Fsp3) is 0.538. The normalized spacial score (nSPS) is 31.2. The number of hydrogen-bond donors (Lipinski definition) is 2. The summed E-state index contributed by atoms with van der Waals surface area (Å²) in [6.07, 6.45) is -0.811. The molecule has 0 spiro atoms. The molecule has 17 heavy (non-hydrogen) atoms. The summed E-state index contributed by atoms with van der Waals surface area (Å²) in [5.74, 6) is 0. The highest BCUT2D eigenvalue weighted by Gasteiger charge is 2.40. The van der Waals surface area contributed by atoms with Crippen LogP contribution in [0.15, 0.2) is 24.3 Å². The summed E-state index contributed by atoms with van der Waals surface area (Å²) in [5, 5.41) is 21.0. The minimum absolute atomic E-state index is 0.264. The van der Waals surface area contributed by atoms with E-state index in [9.17, 15) is 14.6 Å². The Labute approximate surface area is 105 Å². The Balaban J connectivity index is 2.20. The highest BCUT2D eigenvalue weighted by atomic mass is 35.5. The van der Waals surface area contributed by atoms with Gasteiger partial charge in [0.2, 0.25) is 0 Å². The minimum Gasteiger partial charge on any atom is -0.387 e. The summed E-state index contributed by atoms with van der Waals surface area (Å²) in [7, 11) is 0. The Morgan fingerprint density at radius 3 is 2.47 bits per heavy atom. The monoisotopic (exact) mass is 258 g/mol. The molecule has 0 aliphatic heterocycles. The van der Waals surface area contributed by atoms with Crippen LogP contribution in [0.1, 0.15) is 37.4 Å². The smallest absolute Gasteiger partial charge is 0.109 e. The topological polar surface area (TPSA) is 40.5 Å². The number of aliphatic hydroxyl groups is 2. The molecule has 94 valence electrons. The Hall–Kier alpha value is -0.640. The lowest BCUT2D eigenvalue weighted by atomic mass is 9.78. The molecule has 2 rings (SSSR count). The van der Waals surface area contributed by atoms with Gasteiger partial charge in [-0.2, -0.15) is 0 Å². The number of rotatable bonds is 2. The Morgan fingerprint density at radius 1 is 1.29 bits per heavy atom. The predicted octanol–water partition coefficient (Wildman–Crippen LogP) is 3.02. The van der Waals surface area contributed by atoms with Crippen molar-refractivity contribution in [1.29, 1.82) is 0 Å². The Kier molecular flexibility index (Phi) is 3.71. The third kappa shape index (κ3) is 2.62. The second-order valence-corrected chi connectivity index (χ2v) is 5.11. The summed E-state index contributed by atoms with van der Waals surface area (Å²) in [4.78, 5) is 0. The van der Waals surface area contributed by atoms with Crippen LogP contribution in [-0.2, 0) is 0 Å². The zero-order valence-corrected chi connectivity index (χ0v) is 10.2. The van der Waals surface area contributed by atoms with Crippen LogP contribution in [0, 0.1) is 0 Å². The van der Waals surface area contributed by atoms with Crippen molar-refractivity contribution in [2.45, 2.75) is 43.6 Å². The van der Waals surface area contributed by atoms with Gasteiger partial charge in [-0.15, -0.1) is 0 Å². The van der Waals surface area contributed by atoms with Crippen LogP contribution in [0.5, 0.6) is 0 Å². The van der Waals surface area contributed by atoms with E-state index in [1.807, 2.05) is 0 Å². The van der Waals surface area contributed by atoms with Crippen molar-refractivity contribution in [1.82, 2.24) is 0 Å². The van der Waals surface area contributed by atoms with Gasteiger partial charge in [0.15, 0.2) is 0 Å². The first-order chi connectivity index (χ1) is 8.03. The van der Waals surface area contributed by atoms with E-state index in [1.165, 1.54) is 0 Å². The summed E-state index contributed by atoms with van der Waals surface area (Å²) in [6.45, 7) is 0. The van der Waals surface area contributed by atoms with Gasteiger partial charge in [0, 0.05) is 10.6 Å². The molecule has 1 atom stereocenters. The molecule has 0 saturated heterocycles. The minimum atomic E-state index is -1.26. The maximum Gasteiger partial charge on any atom is 0.109 e. The maximum atomic E-state index is 13.1. The molecule has 1 saturated carbocycles. The quantitative estimate of drug-likeness (QED) is 0.856. The molecule has 0 bridgehead atoms. The molecular formula is C13H16ClFO2. The van der Waals surface area contributed by atoms with E-state index in [-0.39, 0.29) is 25.7 Å². The molecule has 1 aromatic carbocycles.